The number of anilines is 3. The molecule has 1 aliphatic carbocycles. The summed E-state index contributed by atoms with van der Waals surface area (Å²) in [6.45, 7) is 3.67. The second-order valence-corrected chi connectivity index (χ2v) is 9.20. The number of Topliss-reactive ketones (excluding diaryl/α,β-unsaturated/α-hetero) is 1. The molecule has 2 aliphatic heterocycles. The summed E-state index contributed by atoms with van der Waals surface area (Å²) in [5.41, 5.74) is 3.74. The molecule has 0 unspecified atom stereocenters. The molecule has 3 aromatic rings. The number of H-pyrrole nitrogens is 1. The molecule has 164 valence electrons. The zero-order valence-corrected chi connectivity index (χ0v) is 18.1. The van der Waals surface area contributed by atoms with Gasteiger partial charge in [0, 0.05) is 36.8 Å². The Morgan fingerprint density at radius 3 is 2.88 bits per heavy atom. The highest BCUT2D eigenvalue weighted by molar-refractivity contribution is 6.08. The van der Waals surface area contributed by atoms with Gasteiger partial charge in [0.15, 0.2) is 11.6 Å². The Balaban J connectivity index is 1.35. The topological polar surface area (TPSA) is 94.2 Å². The molecule has 6 rings (SSSR count). The number of carbonyl (C=O) groups is 2. The fourth-order valence-electron chi connectivity index (χ4n) is 4.91. The molecule has 2 amide bonds. The van der Waals surface area contributed by atoms with Crippen LogP contribution in [-0.2, 0) is 0 Å². The summed E-state index contributed by atoms with van der Waals surface area (Å²) in [6, 6.07) is 7.48. The second kappa shape index (κ2) is 7.32. The third kappa shape index (κ3) is 3.30. The summed E-state index contributed by atoms with van der Waals surface area (Å²) in [5, 5.41) is 3.93. The fourth-order valence-corrected chi connectivity index (χ4v) is 4.91. The zero-order chi connectivity index (χ0) is 21.8. The molecule has 3 aliphatic rings. The molecule has 2 bridgehead atoms. The second-order valence-electron chi connectivity index (χ2n) is 9.20. The van der Waals surface area contributed by atoms with Crippen LogP contribution in [0.2, 0.25) is 0 Å². The number of aryl methyl sites for hydroxylation is 1. The van der Waals surface area contributed by atoms with Crippen LogP contribution in [0.15, 0.2) is 30.5 Å². The van der Waals surface area contributed by atoms with Crippen molar-refractivity contribution in [2.75, 3.05) is 28.2 Å². The van der Waals surface area contributed by atoms with Crippen molar-refractivity contribution in [2.45, 2.75) is 45.1 Å². The number of aromatic nitrogens is 3. The summed E-state index contributed by atoms with van der Waals surface area (Å²) in [4.78, 5) is 42.7. The van der Waals surface area contributed by atoms with E-state index in [1.807, 2.05) is 31.2 Å². The van der Waals surface area contributed by atoms with E-state index in [9.17, 15) is 9.59 Å². The Morgan fingerprint density at radius 2 is 2.03 bits per heavy atom. The molecule has 0 aromatic carbocycles. The average molecular weight is 431 g/mol. The van der Waals surface area contributed by atoms with Crippen molar-refractivity contribution in [3.63, 3.8) is 0 Å². The maximum absolute atomic E-state index is 13.5. The first kappa shape index (κ1) is 19.3. The molecule has 1 atom stereocenters. The average Bonchev–Trinajstić information content (AvgIpc) is 3.52. The van der Waals surface area contributed by atoms with Crippen molar-refractivity contribution < 1.29 is 9.59 Å². The number of hydrogen-bond donors (Lipinski definition) is 2. The number of nitrogens with zero attached hydrogens (tertiary/aromatic N) is 4. The minimum absolute atomic E-state index is 0.0307. The lowest BCUT2D eigenvalue weighted by atomic mass is 9.99. The van der Waals surface area contributed by atoms with Crippen molar-refractivity contribution in [3.8, 4) is 0 Å². The van der Waals surface area contributed by atoms with Crippen LogP contribution in [0.25, 0.3) is 11.0 Å². The van der Waals surface area contributed by atoms with Gasteiger partial charge in [-0.05, 0) is 62.8 Å². The predicted octanol–water partition coefficient (Wildman–Crippen LogP) is 4.27. The van der Waals surface area contributed by atoms with Crippen molar-refractivity contribution in [2.24, 2.45) is 5.92 Å². The summed E-state index contributed by atoms with van der Waals surface area (Å²) in [6.07, 6.45) is 6.51. The van der Waals surface area contributed by atoms with Gasteiger partial charge in [-0.25, -0.2) is 14.8 Å². The van der Waals surface area contributed by atoms with Gasteiger partial charge < -0.3 is 15.2 Å². The number of fused-ring (bicyclic) bond motifs is 5. The highest BCUT2D eigenvalue weighted by Gasteiger charge is 2.39. The summed E-state index contributed by atoms with van der Waals surface area (Å²) < 4.78 is 0. The van der Waals surface area contributed by atoms with Crippen LogP contribution in [0.1, 0.15) is 48.3 Å². The van der Waals surface area contributed by atoms with E-state index in [1.54, 1.807) is 11.1 Å². The predicted molar refractivity (Wildman–Crippen MR) is 123 cm³/mol. The number of rotatable bonds is 4. The van der Waals surface area contributed by atoms with E-state index in [4.69, 9.17) is 4.98 Å². The number of aromatic amines is 1. The van der Waals surface area contributed by atoms with Crippen LogP contribution in [0.3, 0.4) is 0 Å². The van der Waals surface area contributed by atoms with Gasteiger partial charge in [-0.3, -0.25) is 9.69 Å². The van der Waals surface area contributed by atoms with Crippen molar-refractivity contribution in [1.29, 1.82) is 0 Å². The van der Waals surface area contributed by atoms with Gasteiger partial charge in [0.2, 0.25) is 0 Å². The molecule has 1 saturated heterocycles. The number of carbonyl (C=O) groups excluding carboxylic acids is 2. The highest BCUT2D eigenvalue weighted by Crippen LogP contribution is 2.39. The maximum atomic E-state index is 13.5. The first-order valence-electron chi connectivity index (χ1n) is 11.4. The van der Waals surface area contributed by atoms with Crippen LogP contribution in [0.4, 0.5) is 22.0 Å². The van der Waals surface area contributed by atoms with E-state index >= 15 is 0 Å². The summed E-state index contributed by atoms with van der Waals surface area (Å²) >= 11 is 0. The molecule has 32 heavy (non-hydrogen) atoms. The minimum Gasteiger partial charge on any atom is -0.366 e. The number of pyridine rings is 2. The Labute approximate surface area is 186 Å². The Morgan fingerprint density at radius 1 is 1.16 bits per heavy atom. The molecule has 2 fully saturated rings. The number of ketones is 1. The quantitative estimate of drug-likeness (QED) is 0.603. The molecule has 0 spiro atoms. The SMILES string of the molecule is Cc1ccc2c(NC(=O)N3c4nc(C(=O)CC5CC5)ccc4N4CCC[C@H]3C4)c[nH]c2n1. The number of urea groups is 1. The molecule has 2 N–H and O–H groups in total. The smallest absolute Gasteiger partial charge is 0.327 e. The van der Waals surface area contributed by atoms with Crippen molar-refractivity contribution in [1.82, 2.24) is 15.0 Å². The van der Waals surface area contributed by atoms with Crippen LogP contribution < -0.4 is 15.1 Å². The molecule has 5 heterocycles. The minimum atomic E-state index is -0.224. The maximum Gasteiger partial charge on any atom is 0.327 e. The van der Waals surface area contributed by atoms with Gasteiger partial charge in [0.25, 0.3) is 0 Å². The standard InChI is InChI=1S/C24H26N6O2/c1-14-4-7-17-19(12-25-22(17)26-14)28-24(32)30-16-3-2-10-29(13-16)20-9-8-18(27-23(20)30)21(31)11-15-5-6-15/h4,7-9,12,15-16H,2-3,5-6,10-11,13H2,1H3,(H,25,26)(H,28,32)/t16-/m0/s1. The number of piperidine rings is 1. The van der Waals surface area contributed by atoms with Crippen molar-refractivity contribution in [3.05, 3.63) is 41.9 Å². The number of nitrogens with one attached hydrogen (secondary N) is 2. The Hall–Kier alpha value is -3.42. The van der Waals surface area contributed by atoms with E-state index in [0.29, 0.717) is 29.5 Å². The molecule has 8 nitrogen and oxygen atoms in total. The Kier molecular flexibility index (Phi) is 4.41. The number of amides is 2. The van der Waals surface area contributed by atoms with Gasteiger partial charge in [-0.15, -0.1) is 0 Å². The molecular formula is C24H26N6O2. The van der Waals surface area contributed by atoms with Gasteiger partial charge in [-0.2, -0.15) is 0 Å². The van der Waals surface area contributed by atoms with Crippen LogP contribution in [-0.4, -0.2) is 45.9 Å². The van der Waals surface area contributed by atoms with E-state index in [-0.39, 0.29) is 17.9 Å². The van der Waals surface area contributed by atoms with Crippen LogP contribution in [0, 0.1) is 12.8 Å². The highest BCUT2D eigenvalue weighted by atomic mass is 16.2. The fraction of sp³-hybridized carbons (Fsp3) is 0.417. The lowest BCUT2D eigenvalue weighted by Gasteiger charge is -2.45. The van der Waals surface area contributed by atoms with E-state index < -0.39 is 0 Å². The van der Waals surface area contributed by atoms with Crippen LogP contribution in [0.5, 0.6) is 0 Å². The zero-order valence-electron chi connectivity index (χ0n) is 18.1. The van der Waals surface area contributed by atoms with Gasteiger partial charge in [0.05, 0.1) is 17.4 Å². The molecule has 0 radical (unpaired) electrons. The molecular weight excluding hydrogens is 404 g/mol. The normalized spacial score (nSPS) is 19.7. The van der Waals surface area contributed by atoms with Crippen molar-refractivity contribution >= 4 is 40.0 Å². The lowest BCUT2D eigenvalue weighted by Crippen LogP contribution is -2.56. The molecule has 8 heteroatoms. The van der Waals surface area contributed by atoms with Gasteiger partial charge >= 0.3 is 6.03 Å². The monoisotopic (exact) mass is 430 g/mol. The van der Waals surface area contributed by atoms with E-state index in [2.05, 4.69) is 20.2 Å². The third-order valence-corrected chi connectivity index (χ3v) is 6.78. The molecule has 3 aromatic heterocycles. The van der Waals surface area contributed by atoms with Crippen LogP contribution >= 0.6 is 0 Å². The van der Waals surface area contributed by atoms with Gasteiger partial charge in [-0.1, -0.05) is 0 Å². The first-order valence-corrected chi connectivity index (χ1v) is 11.4. The summed E-state index contributed by atoms with van der Waals surface area (Å²) in [5.74, 6) is 1.16. The first-order chi connectivity index (χ1) is 15.6. The van der Waals surface area contributed by atoms with E-state index in [0.717, 1.165) is 61.2 Å². The largest absolute Gasteiger partial charge is 0.366 e. The lowest BCUT2D eigenvalue weighted by molar-refractivity contribution is 0.0971. The third-order valence-electron chi connectivity index (χ3n) is 6.78. The van der Waals surface area contributed by atoms with Gasteiger partial charge in [0.1, 0.15) is 11.3 Å². The molecule has 1 saturated carbocycles. The summed E-state index contributed by atoms with van der Waals surface area (Å²) in [7, 11) is 0. The van der Waals surface area contributed by atoms with E-state index in [1.165, 1.54) is 0 Å². The Bertz CT molecular complexity index is 1230. The number of hydrogen-bond acceptors (Lipinski definition) is 5.